The molecule has 1 aromatic rings. The molecule has 2 amide bonds. The van der Waals surface area contributed by atoms with E-state index in [1.807, 2.05) is 6.07 Å². The number of carbonyl (C=O) groups excluding carboxylic acids is 2. The van der Waals surface area contributed by atoms with Gasteiger partial charge in [-0.3, -0.25) is 4.79 Å². The number of aliphatic hydroxyl groups is 2. The number of fused-ring (bicyclic) bond motifs is 2. The fourth-order valence-corrected chi connectivity index (χ4v) is 6.63. The number of amides is 2. The molecule has 4 bridgehead atoms. The molecule has 9 nitrogen and oxygen atoms in total. The summed E-state index contributed by atoms with van der Waals surface area (Å²) < 4.78 is 15.0. The molecule has 1 spiro atoms. The molecule has 1 saturated carbocycles. The molecule has 3 saturated heterocycles. The zero-order chi connectivity index (χ0) is 25.3. The molecule has 35 heavy (non-hydrogen) atoms. The number of aliphatic hydroxyl groups excluding tert-OH is 1. The number of hydrogen-bond donors (Lipinski definition) is 3. The van der Waals surface area contributed by atoms with Crippen LogP contribution >= 0.6 is 34.8 Å². The molecule has 12 heteroatoms. The number of carbonyl (C=O) groups is 2. The summed E-state index contributed by atoms with van der Waals surface area (Å²) in [6, 6.07) is 4.85. The van der Waals surface area contributed by atoms with Gasteiger partial charge in [-0.1, -0.05) is 40.9 Å². The van der Waals surface area contributed by atoms with Crippen molar-refractivity contribution >= 4 is 52.5 Å². The van der Waals surface area contributed by atoms with Crippen molar-refractivity contribution in [2.75, 3.05) is 32.2 Å². The van der Waals surface area contributed by atoms with E-state index in [9.17, 15) is 19.8 Å². The highest BCUT2D eigenvalue weighted by molar-refractivity contribution is 6.67. The Hall–Kier alpha value is -1.49. The third kappa shape index (κ3) is 3.86. The van der Waals surface area contributed by atoms with Gasteiger partial charge in [0.25, 0.3) is 0 Å². The highest BCUT2D eigenvalue weighted by atomic mass is 35.6. The van der Waals surface area contributed by atoms with Crippen LogP contribution in [-0.4, -0.2) is 81.6 Å². The first kappa shape index (κ1) is 25.2. The van der Waals surface area contributed by atoms with Crippen LogP contribution in [0.4, 0.5) is 10.5 Å². The molecular weight excluding hydrogens is 523 g/mol. The normalized spacial score (nSPS) is 36.4. The van der Waals surface area contributed by atoms with Crippen LogP contribution in [0.1, 0.15) is 25.3 Å². The smallest absolute Gasteiger partial charge is 0.410 e. The van der Waals surface area contributed by atoms with E-state index in [1.54, 1.807) is 19.2 Å². The molecule has 1 aromatic carbocycles. The maximum atomic E-state index is 13.6. The average Bonchev–Trinajstić information content (AvgIpc) is 2.91. The standard InChI is InChI=1S/C23H27Cl3N2O7/c1-11(29)22(32)9-28(20(31)35-10-23(24,25)26)17-7-21(18-6-15(22)13(17)8-34-18)14-4-3-12(33-2)5-16(14)27-19(21)30/h3-5,11,13,15,17-18,29,32H,6-10H2,1-2H3,(H,27,30)/t11-,13-,15+,17-,18-,21-,22-/m0/s1. The maximum absolute atomic E-state index is 13.6. The van der Waals surface area contributed by atoms with Crippen molar-refractivity contribution in [3.8, 4) is 5.75 Å². The highest BCUT2D eigenvalue weighted by Crippen LogP contribution is 2.57. The predicted molar refractivity (Wildman–Crippen MR) is 128 cm³/mol. The van der Waals surface area contributed by atoms with Crippen molar-refractivity contribution < 1.29 is 34.0 Å². The molecule has 4 heterocycles. The lowest BCUT2D eigenvalue weighted by Crippen LogP contribution is -2.68. The molecule has 4 aliphatic heterocycles. The minimum Gasteiger partial charge on any atom is -0.497 e. The van der Waals surface area contributed by atoms with E-state index >= 15 is 0 Å². The first-order valence-corrected chi connectivity index (χ1v) is 12.6. The number of halogens is 3. The molecule has 5 aliphatic rings. The molecule has 1 aliphatic carbocycles. The van der Waals surface area contributed by atoms with Gasteiger partial charge in [-0.2, -0.15) is 0 Å². The van der Waals surface area contributed by atoms with Crippen molar-refractivity contribution in [1.82, 2.24) is 4.90 Å². The summed E-state index contributed by atoms with van der Waals surface area (Å²) in [5, 5.41) is 25.2. The van der Waals surface area contributed by atoms with Crippen molar-refractivity contribution in [2.45, 2.75) is 52.8 Å². The SMILES string of the molecule is COc1ccc2c(c1)NC(=O)[C@@]21C[C@H]2[C@H]3CO[C@H]1C[C@H]3[C@@](O)([C@H](C)O)CN2C(=O)OCC(Cl)(Cl)Cl. The molecule has 192 valence electrons. The van der Waals surface area contributed by atoms with E-state index in [0.29, 0.717) is 17.9 Å². The monoisotopic (exact) mass is 548 g/mol. The van der Waals surface area contributed by atoms with E-state index in [1.165, 1.54) is 11.8 Å². The lowest BCUT2D eigenvalue weighted by Gasteiger charge is -2.54. The molecular formula is C23H27Cl3N2O7. The Balaban J connectivity index is 1.60. The summed E-state index contributed by atoms with van der Waals surface area (Å²) in [6.45, 7) is 1.03. The summed E-state index contributed by atoms with van der Waals surface area (Å²) in [5.74, 6) is -0.388. The topological polar surface area (TPSA) is 118 Å². The quantitative estimate of drug-likeness (QED) is 0.496. The summed E-state index contributed by atoms with van der Waals surface area (Å²) in [4.78, 5) is 28.2. The van der Waals surface area contributed by atoms with Gasteiger partial charge in [0.05, 0.1) is 32.5 Å². The Morgan fingerprint density at radius 2 is 2.14 bits per heavy atom. The molecule has 0 radical (unpaired) electrons. The van der Waals surface area contributed by atoms with Crippen molar-refractivity contribution in [3.63, 3.8) is 0 Å². The Bertz CT molecular complexity index is 1050. The average molecular weight is 550 g/mol. The fraction of sp³-hybridized carbons (Fsp3) is 0.652. The predicted octanol–water partition coefficient (Wildman–Crippen LogP) is 2.61. The molecule has 3 N–H and O–H groups in total. The maximum Gasteiger partial charge on any atom is 0.410 e. The summed E-state index contributed by atoms with van der Waals surface area (Å²) >= 11 is 17.3. The fourth-order valence-electron chi connectivity index (χ4n) is 6.47. The Labute approximate surface area is 217 Å². The number of benzene rings is 1. The number of hydrogen-bond acceptors (Lipinski definition) is 7. The minimum atomic E-state index is -1.82. The molecule has 7 atom stereocenters. The van der Waals surface area contributed by atoms with Gasteiger partial charge in [0, 0.05) is 29.6 Å². The number of methoxy groups -OCH3 is 1. The minimum absolute atomic E-state index is 0.185. The Kier molecular flexibility index (Phi) is 6.14. The van der Waals surface area contributed by atoms with Gasteiger partial charge in [-0.15, -0.1) is 0 Å². The number of rotatable bonds is 3. The molecule has 4 fully saturated rings. The lowest BCUT2D eigenvalue weighted by atomic mass is 9.67. The van der Waals surface area contributed by atoms with Crippen molar-refractivity contribution in [1.29, 1.82) is 0 Å². The zero-order valence-corrected chi connectivity index (χ0v) is 21.4. The van der Waals surface area contributed by atoms with Gasteiger partial charge in [-0.25, -0.2) is 4.79 Å². The van der Waals surface area contributed by atoms with Gasteiger partial charge in [0.1, 0.15) is 23.4 Å². The molecule has 0 aromatic heterocycles. The largest absolute Gasteiger partial charge is 0.497 e. The van der Waals surface area contributed by atoms with Gasteiger partial charge in [0.2, 0.25) is 9.70 Å². The number of alkyl halides is 3. The first-order valence-electron chi connectivity index (χ1n) is 11.4. The van der Waals surface area contributed by atoms with Crippen LogP contribution < -0.4 is 10.1 Å². The Morgan fingerprint density at radius 3 is 2.80 bits per heavy atom. The second-order valence-corrected chi connectivity index (χ2v) is 12.4. The van der Waals surface area contributed by atoms with E-state index in [2.05, 4.69) is 5.32 Å². The third-order valence-corrected chi connectivity index (χ3v) is 8.52. The van der Waals surface area contributed by atoms with Gasteiger partial charge in [0.15, 0.2) is 0 Å². The summed E-state index contributed by atoms with van der Waals surface area (Å²) in [7, 11) is 1.55. The van der Waals surface area contributed by atoms with Crippen LogP contribution in [0.5, 0.6) is 5.75 Å². The number of ether oxygens (including phenoxy) is 3. The van der Waals surface area contributed by atoms with Crippen LogP contribution in [0, 0.1) is 11.8 Å². The van der Waals surface area contributed by atoms with E-state index in [-0.39, 0.29) is 31.4 Å². The summed E-state index contributed by atoms with van der Waals surface area (Å²) in [6.07, 6.45) is -1.92. The third-order valence-electron chi connectivity index (χ3n) is 8.19. The summed E-state index contributed by atoms with van der Waals surface area (Å²) in [5.41, 5.74) is -1.37. The number of anilines is 1. The van der Waals surface area contributed by atoms with Crippen LogP contribution in [0.2, 0.25) is 0 Å². The van der Waals surface area contributed by atoms with Crippen LogP contribution in [0.3, 0.4) is 0 Å². The number of β-amino-alcohol motifs (C(OH)–C–C–N with tert-alkyl or cyclic N) is 1. The van der Waals surface area contributed by atoms with Gasteiger partial charge >= 0.3 is 6.09 Å². The second kappa shape index (κ2) is 8.53. The van der Waals surface area contributed by atoms with Crippen LogP contribution in [0.25, 0.3) is 0 Å². The lowest BCUT2D eigenvalue weighted by molar-refractivity contribution is -0.202. The zero-order valence-electron chi connectivity index (χ0n) is 19.2. The van der Waals surface area contributed by atoms with Crippen molar-refractivity contribution in [2.24, 2.45) is 11.8 Å². The van der Waals surface area contributed by atoms with E-state index in [4.69, 9.17) is 49.0 Å². The van der Waals surface area contributed by atoms with Gasteiger partial charge < -0.3 is 34.6 Å². The number of nitrogens with zero attached hydrogens (tertiary/aromatic N) is 1. The number of piperidine rings is 1. The van der Waals surface area contributed by atoms with E-state index < -0.39 is 51.7 Å². The van der Waals surface area contributed by atoms with Gasteiger partial charge in [-0.05, 0) is 31.4 Å². The van der Waals surface area contributed by atoms with E-state index in [0.717, 1.165) is 5.56 Å². The Morgan fingerprint density at radius 1 is 1.40 bits per heavy atom. The van der Waals surface area contributed by atoms with Crippen molar-refractivity contribution in [3.05, 3.63) is 23.8 Å². The van der Waals surface area contributed by atoms with Crippen LogP contribution in [0.15, 0.2) is 18.2 Å². The molecule has 6 rings (SSSR count). The number of likely N-dealkylation sites (tertiary alicyclic amines) is 1. The second-order valence-electron chi connectivity index (χ2n) is 9.90. The van der Waals surface area contributed by atoms with Crippen LogP contribution in [-0.2, 0) is 19.7 Å². The number of nitrogens with one attached hydrogen (secondary N) is 1. The first-order chi connectivity index (χ1) is 16.4. The highest BCUT2D eigenvalue weighted by Gasteiger charge is 2.67. The molecule has 0 unspecified atom stereocenters.